The Labute approximate surface area is 124 Å². The molecule has 1 saturated heterocycles. The number of carbonyl (C=O) groups is 1. The lowest BCUT2D eigenvalue weighted by atomic mass is 10.1. The topological polar surface area (TPSA) is 32.3 Å². The number of amides is 1. The molecule has 0 bridgehead atoms. The van der Waals surface area contributed by atoms with Crippen molar-refractivity contribution in [2.45, 2.75) is 51.7 Å². The molecule has 1 aliphatic rings. The minimum Gasteiger partial charge on any atom is -0.322 e. The summed E-state index contributed by atoms with van der Waals surface area (Å²) >= 11 is 0. The second-order valence-corrected chi connectivity index (χ2v) is 5.44. The summed E-state index contributed by atoms with van der Waals surface area (Å²) in [4.78, 5) is 14.1. The van der Waals surface area contributed by atoms with Gasteiger partial charge >= 0.3 is 0 Å². The predicted molar refractivity (Wildman–Crippen MR) is 77.6 cm³/mol. The molecular weight excluding hydrogens is 274 g/mol. The first-order chi connectivity index (χ1) is 10.1. The zero-order valence-electron chi connectivity index (χ0n) is 12.5. The lowest BCUT2D eigenvalue weighted by molar-refractivity contribution is -0.130. The molecular formula is C16H22F2N2O. The van der Waals surface area contributed by atoms with E-state index in [0.29, 0.717) is 18.5 Å². The fourth-order valence-corrected chi connectivity index (χ4v) is 2.70. The molecule has 0 aliphatic carbocycles. The van der Waals surface area contributed by atoms with Crippen LogP contribution in [0.5, 0.6) is 0 Å². The molecule has 0 aromatic heterocycles. The van der Waals surface area contributed by atoms with E-state index in [1.165, 1.54) is 12.1 Å². The van der Waals surface area contributed by atoms with Crippen molar-refractivity contribution < 1.29 is 13.6 Å². The fourth-order valence-electron chi connectivity index (χ4n) is 2.70. The van der Waals surface area contributed by atoms with Crippen LogP contribution in [0.3, 0.4) is 0 Å². The second-order valence-electron chi connectivity index (χ2n) is 5.44. The molecule has 2 unspecified atom stereocenters. The summed E-state index contributed by atoms with van der Waals surface area (Å²) in [6.45, 7) is 4.68. The third-order valence-corrected chi connectivity index (χ3v) is 3.92. The molecule has 1 heterocycles. The van der Waals surface area contributed by atoms with Crippen LogP contribution in [0.25, 0.3) is 0 Å². The quantitative estimate of drug-likeness (QED) is 0.816. The molecule has 1 amide bonds. The molecule has 1 aromatic rings. The summed E-state index contributed by atoms with van der Waals surface area (Å²) in [5.74, 6) is -1.70. The summed E-state index contributed by atoms with van der Waals surface area (Å²) in [7, 11) is 0. The molecule has 3 nitrogen and oxygen atoms in total. The minimum absolute atomic E-state index is 0.0448. The maximum absolute atomic E-state index is 13.4. The lowest BCUT2D eigenvalue weighted by Gasteiger charge is -2.24. The van der Waals surface area contributed by atoms with E-state index in [-0.39, 0.29) is 18.1 Å². The first-order valence-electron chi connectivity index (χ1n) is 7.60. The highest BCUT2D eigenvalue weighted by atomic mass is 19.2. The van der Waals surface area contributed by atoms with Gasteiger partial charge in [-0.25, -0.2) is 8.78 Å². The Balaban J connectivity index is 2.21. The number of rotatable bonds is 6. The van der Waals surface area contributed by atoms with Crippen molar-refractivity contribution in [1.29, 1.82) is 0 Å². The Morgan fingerprint density at radius 2 is 1.95 bits per heavy atom. The number of nitrogens with zero attached hydrogens (tertiary/aromatic N) is 1. The van der Waals surface area contributed by atoms with Gasteiger partial charge in [0.2, 0.25) is 5.91 Å². The van der Waals surface area contributed by atoms with Gasteiger partial charge in [0.15, 0.2) is 11.6 Å². The Morgan fingerprint density at radius 1 is 1.19 bits per heavy atom. The zero-order chi connectivity index (χ0) is 15.4. The van der Waals surface area contributed by atoms with Gasteiger partial charge in [-0.1, -0.05) is 32.8 Å². The predicted octanol–water partition coefficient (Wildman–Crippen LogP) is 3.36. The van der Waals surface area contributed by atoms with Gasteiger partial charge in [-0.3, -0.25) is 10.1 Å². The van der Waals surface area contributed by atoms with Crippen molar-refractivity contribution in [2.75, 3.05) is 6.54 Å². The molecule has 1 N–H and O–H groups in total. The van der Waals surface area contributed by atoms with Crippen molar-refractivity contribution in [3.63, 3.8) is 0 Å². The highest BCUT2D eigenvalue weighted by molar-refractivity contribution is 5.84. The van der Waals surface area contributed by atoms with Crippen LogP contribution in [0.2, 0.25) is 0 Å². The molecule has 1 aromatic carbocycles. The maximum Gasteiger partial charge on any atom is 0.241 e. The van der Waals surface area contributed by atoms with E-state index in [1.54, 1.807) is 4.90 Å². The van der Waals surface area contributed by atoms with Crippen molar-refractivity contribution in [1.82, 2.24) is 10.2 Å². The Bertz CT molecular complexity index is 507. The monoisotopic (exact) mass is 296 g/mol. The van der Waals surface area contributed by atoms with Crippen LogP contribution in [0.15, 0.2) is 18.2 Å². The van der Waals surface area contributed by atoms with Crippen LogP contribution < -0.4 is 5.32 Å². The molecule has 2 rings (SSSR count). The molecule has 5 heteroatoms. The smallest absolute Gasteiger partial charge is 0.241 e. The van der Waals surface area contributed by atoms with Crippen LogP contribution in [0.1, 0.15) is 51.3 Å². The summed E-state index contributed by atoms with van der Waals surface area (Å²) < 4.78 is 26.5. The van der Waals surface area contributed by atoms with Gasteiger partial charge in [-0.2, -0.15) is 0 Å². The summed E-state index contributed by atoms with van der Waals surface area (Å²) in [6, 6.07) is 3.57. The molecule has 1 fully saturated rings. The standard InChI is InChI=1S/C16H22F2N2O/c1-3-5-6-9-20-15(19-14(4-2)16(20)21)11-7-8-12(17)13(18)10-11/h7-8,10,14-15,19H,3-6,9H2,1-2H3. The highest BCUT2D eigenvalue weighted by Gasteiger charge is 2.38. The molecule has 0 spiro atoms. The number of hydrogen-bond acceptors (Lipinski definition) is 2. The van der Waals surface area contributed by atoms with Crippen LogP contribution in [0, 0.1) is 11.6 Å². The number of nitrogens with one attached hydrogen (secondary N) is 1. The van der Waals surface area contributed by atoms with Gasteiger partial charge in [-0.15, -0.1) is 0 Å². The first kappa shape index (κ1) is 15.9. The van der Waals surface area contributed by atoms with E-state index >= 15 is 0 Å². The van der Waals surface area contributed by atoms with Gasteiger partial charge in [0.05, 0.1) is 6.04 Å². The Kier molecular flexibility index (Phi) is 5.28. The van der Waals surface area contributed by atoms with Gasteiger partial charge in [0.25, 0.3) is 0 Å². The van der Waals surface area contributed by atoms with Gasteiger partial charge in [0, 0.05) is 6.54 Å². The van der Waals surface area contributed by atoms with Crippen molar-refractivity contribution in [2.24, 2.45) is 0 Å². The van der Waals surface area contributed by atoms with E-state index < -0.39 is 11.6 Å². The molecule has 1 aliphatic heterocycles. The average molecular weight is 296 g/mol. The third kappa shape index (κ3) is 3.40. The highest BCUT2D eigenvalue weighted by Crippen LogP contribution is 2.27. The minimum atomic E-state index is -0.879. The summed E-state index contributed by atoms with van der Waals surface area (Å²) in [6.07, 6.45) is 3.35. The molecule has 116 valence electrons. The third-order valence-electron chi connectivity index (χ3n) is 3.92. The first-order valence-corrected chi connectivity index (χ1v) is 7.60. The lowest BCUT2D eigenvalue weighted by Crippen LogP contribution is -2.32. The number of unbranched alkanes of at least 4 members (excludes halogenated alkanes) is 2. The van der Waals surface area contributed by atoms with Crippen LogP contribution in [0.4, 0.5) is 8.78 Å². The van der Waals surface area contributed by atoms with E-state index in [1.807, 2.05) is 6.92 Å². The van der Waals surface area contributed by atoms with Gasteiger partial charge < -0.3 is 4.90 Å². The maximum atomic E-state index is 13.4. The van der Waals surface area contributed by atoms with E-state index in [9.17, 15) is 13.6 Å². The van der Waals surface area contributed by atoms with E-state index in [2.05, 4.69) is 12.2 Å². The fraction of sp³-hybridized carbons (Fsp3) is 0.562. The summed E-state index contributed by atoms with van der Waals surface area (Å²) in [5, 5.41) is 3.22. The molecule has 21 heavy (non-hydrogen) atoms. The van der Waals surface area contributed by atoms with Crippen LogP contribution in [-0.2, 0) is 4.79 Å². The van der Waals surface area contributed by atoms with Crippen LogP contribution in [-0.4, -0.2) is 23.4 Å². The number of hydrogen-bond donors (Lipinski definition) is 1. The summed E-state index contributed by atoms with van der Waals surface area (Å²) in [5.41, 5.74) is 0.592. The zero-order valence-corrected chi connectivity index (χ0v) is 12.5. The largest absolute Gasteiger partial charge is 0.322 e. The average Bonchev–Trinajstić information content (AvgIpc) is 2.79. The van der Waals surface area contributed by atoms with E-state index in [0.717, 1.165) is 25.3 Å². The number of benzene rings is 1. The molecule has 0 saturated carbocycles. The second kappa shape index (κ2) is 6.98. The number of halogens is 2. The Morgan fingerprint density at radius 3 is 2.57 bits per heavy atom. The SMILES string of the molecule is CCCCCN1C(=O)C(CC)NC1c1ccc(F)c(F)c1. The van der Waals surface area contributed by atoms with Crippen molar-refractivity contribution >= 4 is 5.91 Å². The molecule has 0 radical (unpaired) electrons. The normalized spacial score (nSPS) is 22.1. The van der Waals surface area contributed by atoms with Crippen LogP contribution >= 0.6 is 0 Å². The Hall–Kier alpha value is -1.49. The van der Waals surface area contributed by atoms with Crippen molar-refractivity contribution in [3.05, 3.63) is 35.4 Å². The van der Waals surface area contributed by atoms with Crippen molar-refractivity contribution in [3.8, 4) is 0 Å². The van der Waals surface area contributed by atoms with E-state index in [4.69, 9.17) is 0 Å². The number of carbonyl (C=O) groups excluding carboxylic acids is 1. The van der Waals surface area contributed by atoms with Gasteiger partial charge in [-0.05, 0) is 30.5 Å². The van der Waals surface area contributed by atoms with Gasteiger partial charge in [0.1, 0.15) is 6.17 Å². The molecule has 2 atom stereocenters.